The van der Waals surface area contributed by atoms with Crippen molar-refractivity contribution in [1.29, 1.82) is 0 Å². The second-order valence-electron chi connectivity index (χ2n) is 5.62. The molecule has 2 atom stereocenters. The van der Waals surface area contributed by atoms with Gasteiger partial charge < -0.3 is 14.8 Å². The van der Waals surface area contributed by atoms with Crippen molar-refractivity contribution in [2.75, 3.05) is 30.4 Å². The van der Waals surface area contributed by atoms with Crippen LogP contribution in [0.25, 0.3) is 0 Å². The molecule has 1 aromatic carbocycles. The number of carbonyl (C=O) groups excluding carboxylic acids is 1. The molecular weight excluding hydrogens is 288 g/mol. The Kier molecular flexibility index (Phi) is 5.10. The van der Waals surface area contributed by atoms with Gasteiger partial charge in [0.1, 0.15) is 5.50 Å². The summed E-state index contributed by atoms with van der Waals surface area (Å²) in [7, 11) is -1.97. The van der Waals surface area contributed by atoms with Crippen LogP contribution in [0.15, 0.2) is 30.3 Å². The van der Waals surface area contributed by atoms with E-state index in [0.717, 1.165) is 18.8 Å². The minimum atomic E-state index is -1.97. The van der Waals surface area contributed by atoms with Gasteiger partial charge in [0, 0.05) is 37.4 Å². The topological polar surface area (TPSA) is 90.6 Å². The van der Waals surface area contributed by atoms with Crippen LogP contribution in [-0.4, -0.2) is 46.0 Å². The fourth-order valence-corrected chi connectivity index (χ4v) is 4.55. The Hall–Kier alpha value is -1.28. The Labute approximate surface area is 127 Å². The van der Waals surface area contributed by atoms with Crippen LogP contribution in [0.5, 0.6) is 0 Å². The summed E-state index contributed by atoms with van der Waals surface area (Å²) >= 11 is 0. The van der Waals surface area contributed by atoms with E-state index in [2.05, 4.69) is 10.7 Å². The van der Waals surface area contributed by atoms with Crippen LogP contribution >= 0.6 is 10.3 Å². The van der Waals surface area contributed by atoms with Crippen LogP contribution in [0.3, 0.4) is 0 Å². The first-order chi connectivity index (χ1) is 9.92. The van der Waals surface area contributed by atoms with Gasteiger partial charge in [0.05, 0.1) is 0 Å². The van der Waals surface area contributed by atoms with Crippen molar-refractivity contribution in [3.05, 3.63) is 30.3 Å². The Morgan fingerprint density at radius 1 is 1.48 bits per heavy atom. The molecule has 118 valence electrons. The third kappa shape index (κ3) is 4.10. The summed E-state index contributed by atoms with van der Waals surface area (Å²) < 4.78 is 10.8. The number of rotatable bonds is 6. The van der Waals surface area contributed by atoms with Crippen molar-refractivity contribution in [1.82, 2.24) is 10.3 Å². The van der Waals surface area contributed by atoms with E-state index >= 15 is 0 Å². The molecule has 1 heterocycles. The van der Waals surface area contributed by atoms with Gasteiger partial charge in [-0.15, -0.1) is 10.3 Å². The average molecular weight is 312 g/mol. The normalized spacial score (nSPS) is 21.0. The molecule has 21 heavy (non-hydrogen) atoms. The first kappa shape index (κ1) is 16.1. The van der Waals surface area contributed by atoms with Crippen LogP contribution in [0.4, 0.5) is 5.69 Å². The number of nitrogens with two attached hydrogens (primary N) is 1. The highest BCUT2D eigenvalue weighted by Gasteiger charge is 2.36. The minimum Gasteiger partial charge on any atom is -0.360 e. The quantitative estimate of drug-likeness (QED) is 0.360. The Bertz CT molecular complexity index is 477. The summed E-state index contributed by atoms with van der Waals surface area (Å²) in [5, 5.41) is 3.23. The number of benzene rings is 1. The van der Waals surface area contributed by atoms with Crippen molar-refractivity contribution in [3.63, 3.8) is 0 Å². The predicted molar refractivity (Wildman–Crippen MR) is 87.9 cm³/mol. The Balaban J connectivity index is 1.92. The van der Waals surface area contributed by atoms with E-state index in [0.29, 0.717) is 11.7 Å². The second kappa shape index (κ2) is 6.65. The van der Waals surface area contributed by atoms with E-state index < -0.39 is 10.3 Å². The first-order valence-electron chi connectivity index (χ1n) is 6.93. The van der Waals surface area contributed by atoms with Gasteiger partial charge in [-0.1, -0.05) is 18.2 Å². The van der Waals surface area contributed by atoms with E-state index in [4.69, 9.17) is 5.84 Å². The summed E-state index contributed by atoms with van der Waals surface area (Å²) in [5.74, 6) is 6.69. The van der Waals surface area contributed by atoms with Crippen molar-refractivity contribution in [3.8, 4) is 0 Å². The smallest absolute Gasteiger partial charge is 0.219 e. The van der Waals surface area contributed by atoms with Crippen molar-refractivity contribution < 1.29 is 9.35 Å². The van der Waals surface area contributed by atoms with E-state index in [1.165, 1.54) is 0 Å². The molecular formula is C14H24N4O2S. The molecule has 2 rings (SSSR count). The van der Waals surface area contributed by atoms with Gasteiger partial charge in [-0.3, -0.25) is 10.6 Å². The first-order valence-corrected chi connectivity index (χ1v) is 9.16. The zero-order valence-electron chi connectivity index (χ0n) is 12.5. The Morgan fingerprint density at radius 2 is 2.10 bits per heavy atom. The predicted octanol–water partition coefficient (Wildman–Crippen LogP) is 1.23. The number of nitrogens with one attached hydrogen (secondary N) is 2. The number of hydrogen-bond donors (Lipinski definition) is 4. The lowest BCUT2D eigenvalue weighted by Gasteiger charge is -2.46. The zero-order valence-corrected chi connectivity index (χ0v) is 13.3. The molecule has 1 saturated heterocycles. The third-order valence-corrected chi connectivity index (χ3v) is 6.12. The third-order valence-electron chi connectivity index (χ3n) is 3.71. The summed E-state index contributed by atoms with van der Waals surface area (Å²) in [6, 6.07) is 9.65. The number of likely N-dealkylation sites (tertiary alicyclic amines) is 1. The van der Waals surface area contributed by atoms with Gasteiger partial charge in [0.25, 0.3) is 0 Å². The number of hydrogen-bond acceptors (Lipinski definition) is 5. The molecule has 2 unspecified atom stereocenters. The second-order valence-corrected chi connectivity index (χ2v) is 8.64. The molecule has 0 aliphatic carbocycles. The van der Waals surface area contributed by atoms with Gasteiger partial charge in [-0.05, 0) is 18.4 Å². The highest BCUT2D eigenvalue weighted by Crippen LogP contribution is 2.46. The SMILES string of the molecule is CC(=O)N1CC(CS(C)(O)C(NN)Nc2ccccc2)C1. The highest BCUT2D eigenvalue weighted by molar-refractivity contribution is 8.29. The highest BCUT2D eigenvalue weighted by atomic mass is 32.3. The monoisotopic (exact) mass is 312 g/mol. The number of carbonyl (C=O) groups is 1. The number of hydrazine groups is 1. The maximum Gasteiger partial charge on any atom is 0.219 e. The molecule has 0 saturated carbocycles. The largest absolute Gasteiger partial charge is 0.360 e. The number of nitrogens with zero attached hydrogens (tertiary/aromatic N) is 1. The van der Waals surface area contributed by atoms with Crippen molar-refractivity contribution in [2.24, 2.45) is 11.8 Å². The van der Waals surface area contributed by atoms with Crippen molar-refractivity contribution in [2.45, 2.75) is 12.4 Å². The standard InChI is InChI=1S/C14H24N4O2S/c1-11(19)18-8-12(9-18)10-21(2,20)14(17-15)16-13-6-4-3-5-7-13/h3-7,12,14,16-17,20H,8-10,15H2,1-2H3. The maximum absolute atomic E-state index is 11.2. The van der Waals surface area contributed by atoms with E-state index in [-0.39, 0.29) is 11.4 Å². The van der Waals surface area contributed by atoms with Gasteiger partial charge in [-0.2, -0.15) is 0 Å². The molecule has 1 aromatic rings. The fraction of sp³-hybridized carbons (Fsp3) is 0.500. The lowest BCUT2D eigenvalue weighted by molar-refractivity contribution is -0.134. The van der Waals surface area contributed by atoms with Crippen LogP contribution in [0, 0.1) is 5.92 Å². The molecule has 0 spiro atoms. The molecule has 1 aliphatic rings. The van der Waals surface area contributed by atoms with Gasteiger partial charge >= 0.3 is 0 Å². The number of anilines is 1. The van der Waals surface area contributed by atoms with Crippen LogP contribution in [0.1, 0.15) is 6.92 Å². The number of para-hydroxylation sites is 1. The van der Waals surface area contributed by atoms with E-state index in [1.807, 2.05) is 36.6 Å². The molecule has 5 N–H and O–H groups in total. The molecule has 6 nitrogen and oxygen atoms in total. The molecule has 1 fully saturated rings. The summed E-state index contributed by atoms with van der Waals surface area (Å²) in [5.41, 5.74) is 3.20. The summed E-state index contributed by atoms with van der Waals surface area (Å²) in [6.45, 7) is 3.02. The lowest BCUT2D eigenvalue weighted by Crippen LogP contribution is -2.53. The number of amides is 1. The maximum atomic E-state index is 11.2. The Morgan fingerprint density at radius 3 is 2.62 bits per heavy atom. The van der Waals surface area contributed by atoms with Crippen molar-refractivity contribution >= 4 is 21.9 Å². The van der Waals surface area contributed by atoms with Gasteiger partial charge in [0.15, 0.2) is 0 Å². The van der Waals surface area contributed by atoms with Crippen LogP contribution in [-0.2, 0) is 4.79 Å². The van der Waals surface area contributed by atoms with Gasteiger partial charge in [0.2, 0.25) is 5.91 Å². The average Bonchev–Trinajstić information content (AvgIpc) is 2.40. The molecule has 0 bridgehead atoms. The van der Waals surface area contributed by atoms with Crippen LogP contribution in [0.2, 0.25) is 0 Å². The summed E-state index contributed by atoms with van der Waals surface area (Å²) in [6.07, 6.45) is 1.84. The molecule has 1 amide bonds. The van der Waals surface area contributed by atoms with E-state index in [1.54, 1.807) is 11.8 Å². The molecule has 0 aromatic heterocycles. The van der Waals surface area contributed by atoms with Gasteiger partial charge in [-0.25, -0.2) is 5.43 Å². The molecule has 7 heteroatoms. The molecule has 0 radical (unpaired) electrons. The lowest BCUT2D eigenvalue weighted by atomic mass is 10.0. The van der Waals surface area contributed by atoms with Crippen LogP contribution < -0.4 is 16.6 Å². The molecule has 1 aliphatic heterocycles. The zero-order chi connectivity index (χ0) is 15.5. The van der Waals surface area contributed by atoms with E-state index in [9.17, 15) is 9.35 Å². The fourth-order valence-electron chi connectivity index (χ4n) is 2.51. The summed E-state index contributed by atoms with van der Waals surface area (Å²) in [4.78, 5) is 13.0. The minimum absolute atomic E-state index is 0.0943.